The number of H-pyrrole nitrogens is 1. The SMILES string of the molecule is Cc1ccc(C)c(Cn2nnc3c(=O)[nH]c([C@@H]4CCCN(C(=O)C5CCCCC5)C4)nc32)c1. The molecule has 2 aliphatic rings. The van der Waals surface area contributed by atoms with Gasteiger partial charge in [0.15, 0.2) is 11.2 Å². The molecule has 1 aliphatic carbocycles. The summed E-state index contributed by atoms with van der Waals surface area (Å²) >= 11 is 0. The summed E-state index contributed by atoms with van der Waals surface area (Å²) in [6, 6.07) is 6.31. The van der Waals surface area contributed by atoms with E-state index in [0.29, 0.717) is 24.6 Å². The topological polar surface area (TPSA) is 96.8 Å². The van der Waals surface area contributed by atoms with Crippen molar-refractivity contribution in [1.29, 1.82) is 0 Å². The van der Waals surface area contributed by atoms with Crippen molar-refractivity contribution in [2.75, 3.05) is 13.1 Å². The molecule has 8 nitrogen and oxygen atoms in total. The van der Waals surface area contributed by atoms with E-state index in [2.05, 4.69) is 47.3 Å². The van der Waals surface area contributed by atoms with Gasteiger partial charge in [0.2, 0.25) is 5.91 Å². The number of aromatic nitrogens is 5. The second-order valence-corrected chi connectivity index (χ2v) is 9.76. The van der Waals surface area contributed by atoms with Crippen LogP contribution in [0.25, 0.3) is 11.2 Å². The molecule has 3 heterocycles. The maximum absolute atomic E-state index is 13.1. The predicted octanol–water partition coefficient (Wildman–Crippen LogP) is 3.47. The van der Waals surface area contributed by atoms with E-state index in [1.54, 1.807) is 4.68 Å². The van der Waals surface area contributed by atoms with Crippen LogP contribution in [0.5, 0.6) is 0 Å². The third-order valence-electron chi connectivity index (χ3n) is 7.29. The number of hydrogen-bond donors (Lipinski definition) is 1. The first-order chi connectivity index (χ1) is 16.0. The summed E-state index contributed by atoms with van der Waals surface area (Å²) in [4.78, 5) is 35.6. The molecular formula is C25H32N6O2. The Kier molecular flexibility index (Phi) is 6.00. The van der Waals surface area contributed by atoms with Gasteiger partial charge in [0, 0.05) is 24.9 Å². The molecular weight excluding hydrogens is 416 g/mol. The normalized spacial score (nSPS) is 19.8. The van der Waals surface area contributed by atoms with E-state index in [9.17, 15) is 9.59 Å². The predicted molar refractivity (Wildman–Crippen MR) is 126 cm³/mol. The van der Waals surface area contributed by atoms with Gasteiger partial charge in [-0.05, 0) is 50.7 Å². The molecule has 33 heavy (non-hydrogen) atoms. The molecule has 0 spiro atoms. The minimum atomic E-state index is -0.266. The number of hydrogen-bond acceptors (Lipinski definition) is 5. The fourth-order valence-corrected chi connectivity index (χ4v) is 5.32. The highest BCUT2D eigenvalue weighted by Crippen LogP contribution is 2.30. The van der Waals surface area contributed by atoms with E-state index in [4.69, 9.17) is 4.98 Å². The first kappa shape index (κ1) is 21.8. The molecule has 2 aromatic heterocycles. The second kappa shape index (κ2) is 9.08. The molecule has 0 bridgehead atoms. The summed E-state index contributed by atoms with van der Waals surface area (Å²) in [5.74, 6) is 1.10. The van der Waals surface area contributed by atoms with Crippen LogP contribution in [-0.2, 0) is 11.3 Å². The zero-order valence-corrected chi connectivity index (χ0v) is 19.5. The van der Waals surface area contributed by atoms with Gasteiger partial charge in [0.05, 0.1) is 6.54 Å². The lowest BCUT2D eigenvalue weighted by Gasteiger charge is -2.35. The van der Waals surface area contributed by atoms with Crippen LogP contribution in [0.4, 0.5) is 0 Å². The van der Waals surface area contributed by atoms with Crippen LogP contribution in [0.15, 0.2) is 23.0 Å². The molecule has 0 unspecified atom stereocenters. The summed E-state index contributed by atoms with van der Waals surface area (Å²) in [5, 5.41) is 8.33. The summed E-state index contributed by atoms with van der Waals surface area (Å²) in [5.41, 5.74) is 3.97. The van der Waals surface area contributed by atoms with Gasteiger partial charge in [0.25, 0.3) is 5.56 Å². The van der Waals surface area contributed by atoms with Gasteiger partial charge in [-0.15, -0.1) is 5.10 Å². The number of rotatable bonds is 4. The number of nitrogens with zero attached hydrogens (tertiary/aromatic N) is 5. The third kappa shape index (κ3) is 4.43. The number of carbonyl (C=O) groups excluding carboxylic acids is 1. The highest BCUT2D eigenvalue weighted by atomic mass is 16.2. The molecule has 1 amide bonds. The summed E-state index contributed by atoms with van der Waals surface area (Å²) in [6.07, 6.45) is 7.37. The number of likely N-dealkylation sites (tertiary alicyclic amines) is 1. The average molecular weight is 449 g/mol. The number of carbonyl (C=O) groups is 1. The van der Waals surface area contributed by atoms with E-state index in [-0.39, 0.29) is 28.8 Å². The van der Waals surface area contributed by atoms with Crippen molar-refractivity contribution in [2.24, 2.45) is 5.92 Å². The maximum atomic E-state index is 13.1. The monoisotopic (exact) mass is 448 g/mol. The van der Waals surface area contributed by atoms with Crippen molar-refractivity contribution in [2.45, 2.75) is 71.3 Å². The molecule has 174 valence electrons. The van der Waals surface area contributed by atoms with Crippen LogP contribution in [0.2, 0.25) is 0 Å². The average Bonchev–Trinajstić information content (AvgIpc) is 3.25. The fraction of sp³-hybridized carbons (Fsp3) is 0.560. The summed E-state index contributed by atoms with van der Waals surface area (Å²) in [7, 11) is 0. The standard InChI is InChI=1S/C25H32N6O2/c1-16-10-11-17(2)20(13-16)15-31-23-21(28-29-31)24(32)27-22(26-23)19-9-6-12-30(14-19)25(33)18-7-4-3-5-8-18/h10-11,13,18-19H,3-9,12,14-15H2,1-2H3,(H,26,27,32)/t19-/m1/s1. The van der Waals surface area contributed by atoms with Gasteiger partial charge < -0.3 is 9.88 Å². The Hall–Kier alpha value is -3.03. The van der Waals surface area contributed by atoms with Crippen LogP contribution in [0.1, 0.15) is 73.4 Å². The first-order valence-electron chi connectivity index (χ1n) is 12.2. The van der Waals surface area contributed by atoms with Gasteiger partial charge in [-0.3, -0.25) is 9.59 Å². The zero-order chi connectivity index (χ0) is 22.9. The lowest BCUT2D eigenvalue weighted by molar-refractivity contribution is -0.137. The number of amides is 1. The highest BCUT2D eigenvalue weighted by Gasteiger charge is 2.31. The van der Waals surface area contributed by atoms with Crippen LogP contribution < -0.4 is 5.56 Å². The molecule has 0 radical (unpaired) electrons. The van der Waals surface area contributed by atoms with E-state index in [1.807, 2.05) is 4.90 Å². The van der Waals surface area contributed by atoms with E-state index in [0.717, 1.165) is 50.6 Å². The van der Waals surface area contributed by atoms with Gasteiger partial charge in [-0.25, -0.2) is 9.67 Å². The van der Waals surface area contributed by atoms with Crippen molar-refractivity contribution in [3.05, 3.63) is 51.1 Å². The molecule has 5 rings (SSSR count). The Morgan fingerprint density at radius 3 is 2.76 bits per heavy atom. The quantitative estimate of drug-likeness (QED) is 0.659. The number of fused-ring (bicyclic) bond motifs is 1. The molecule has 1 aliphatic heterocycles. The van der Waals surface area contributed by atoms with Crippen LogP contribution in [0.3, 0.4) is 0 Å². The van der Waals surface area contributed by atoms with Crippen molar-refractivity contribution < 1.29 is 4.79 Å². The smallest absolute Gasteiger partial charge is 0.281 e. The number of benzene rings is 1. The fourth-order valence-electron chi connectivity index (χ4n) is 5.32. The van der Waals surface area contributed by atoms with Gasteiger partial charge >= 0.3 is 0 Å². The first-order valence-corrected chi connectivity index (χ1v) is 12.2. The largest absolute Gasteiger partial charge is 0.342 e. The molecule has 1 aromatic carbocycles. The van der Waals surface area contributed by atoms with Gasteiger partial charge in [-0.2, -0.15) is 0 Å². The van der Waals surface area contributed by atoms with Crippen LogP contribution in [0, 0.1) is 19.8 Å². The number of aromatic amines is 1. The van der Waals surface area contributed by atoms with Crippen molar-refractivity contribution in [3.63, 3.8) is 0 Å². The molecule has 1 saturated carbocycles. The molecule has 2 fully saturated rings. The highest BCUT2D eigenvalue weighted by molar-refractivity contribution is 5.79. The Bertz CT molecular complexity index is 1220. The van der Waals surface area contributed by atoms with E-state index >= 15 is 0 Å². The second-order valence-electron chi connectivity index (χ2n) is 9.76. The Morgan fingerprint density at radius 1 is 1.12 bits per heavy atom. The zero-order valence-electron chi connectivity index (χ0n) is 19.5. The number of aryl methyl sites for hydroxylation is 2. The van der Waals surface area contributed by atoms with Crippen molar-refractivity contribution in [3.8, 4) is 0 Å². The Balaban J connectivity index is 1.41. The molecule has 1 N–H and O–H groups in total. The molecule has 8 heteroatoms. The van der Waals surface area contributed by atoms with Gasteiger partial charge in [-0.1, -0.05) is 48.2 Å². The number of piperidine rings is 1. The minimum absolute atomic E-state index is 0.0208. The van der Waals surface area contributed by atoms with Crippen molar-refractivity contribution in [1.82, 2.24) is 29.9 Å². The Morgan fingerprint density at radius 2 is 1.94 bits per heavy atom. The van der Waals surface area contributed by atoms with E-state index in [1.165, 1.54) is 17.5 Å². The van der Waals surface area contributed by atoms with Gasteiger partial charge in [0.1, 0.15) is 5.82 Å². The molecule has 1 atom stereocenters. The summed E-state index contributed by atoms with van der Waals surface area (Å²) in [6.45, 7) is 6.05. The lowest BCUT2D eigenvalue weighted by Crippen LogP contribution is -2.43. The van der Waals surface area contributed by atoms with Crippen LogP contribution in [-0.4, -0.2) is 48.9 Å². The maximum Gasteiger partial charge on any atom is 0.281 e. The summed E-state index contributed by atoms with van der Waals surface area (Å²) < 4.78 is 1.71. The van der Waals surface area contributed by atoms with E-state index < -0.39 is 0 Å². The third-order valence-corrected chi connectivity index (χ3v) is 7.29. The molecule has 3 aromatic rings. The lowest BCUT2D eigenvalue weighted by atomic mass is 9.87. The molecule has 1 saturated heterocycles. The van der Waals surface area contributed by atoms with Crippen LogP contribution >= 0.6 is 0 Å². The minimum Gasteiger partial charge on any atom is -0.342 e. The number of nitrogens with one attached hydrogen (secondary N) is 1. The van der Waals surface area contributed by atoms with Crippen molar-refractivity contribution >= 4 is 17.1 Å². The Labute approximate surface area is 193 Å².